The number of nitrogens with two attached hydrogens (primary N) is 1. The zero-order chi connectivity index (χ0) is 18.5. The number of rotatable bonds is 3. The zero-order valence-corrected chi connectivity index (χ0v) is 14.9. The fraction of sp³-hybridized carbons (Fsp3) is 0.105. The van der Waals surface area contributed by atoms with E-state index in [2.05, 4.69) is 10.3 Å². The highest BCUT2D eigenvalue weighted by Gasteiger charge is 2.29. The predicted molar refractivity (Wildman–Crippen MR) is 102 cm³/mol. The SMILES string of the molecule is CCC(=C1C(=O)Nc2ccc(S(N)(=O)=O)cc21)c1c[nH]c2ccccc12. The summed E-state index contributed by atoms with van der Waals surface area (Å²) >= 11 is 0. The van der Waals surface area contributed by atoms with Crippen molar-refractivity contribution in [3.8, 4) is 0 Å². The van der Waals surface area contributed by atoms with Crippen LogP contribution in [0.4, 0.5) is 5.69 Å². The average Bonchev–Trinajstić information content (AvgIpc) is 3.16. The molecule has 4 rings (SSSR count). The molecule has 2 aromatic carbocycles. The molecule has 0 radical (unpaired) electrons. The molecule has 0 aliphatic carbocycles. The smallest absolute Gasteiger partial charge is 0.256 e. The van der Waals surface area contributed by atoms with Gasteiger partial charge in [-0.05, 0) is 36.3 Å². The summed E-state index contributed by atoms with van der Waals surface area (Å²) in [7, 11) is -3.85. The van der Waals surface area contributed by atoms with E-state index in [0.29, 0.717) is 23.2 Å². The van der Waals surface area contributed by atoms with E-state index >= 15 is 0 Å². The minimum atomic E-state index is -3.85. The summed E-state index contributed by atoms with van der Waals surface area (Å²) in [6, 6.07) is 12.3. The summed E-state index contributed by atoms with van der Waals surface area (Å²) in [5, 5.41) is 9.08. The van der Waals surface area contributed by atoms with Gasteiger partial charge in [-0.1, -0.05) is 25.1 Å². The van der Waals surface area contributed by atoms with Crippen LogP contribution in [0.2, 0.25) is 0 Å². The molecule has 0 unspecified atom stereocenters. The third-order valence-electron chi connectivity index (χ3n) is 4.63. The Balaban J connectivity index is 2.00. The first-order chi connectivity index (χ1) is 12.4. The Morgan fingerprint density at radius 3 is 2.65 bits per heavy atom. The second-order valence-corrected chi connectivity index (χ2v) is 7.72. The Bertz CT molecular complexity index is 1190. The Kier molecular flexibility index (Phi) is 3.71. The van der Waals surface area contributed by atoms with Crippen LogP contribution in [0.25, 0.3) is 22.0 Å². The molecular weight excluding hydrogens is 350 g/mol. The molecule has 1 aliphatic heterocycles. The molecule has 0 saturated carbocycles. The van der Waals surface area contributed by atoms with Gasteiger partial charge in [-0.2, -0.15) is 0 Å². The molecule has 6 nitrogen and oxygen atoms in total. The van der Waals surface area contributed by atoms with Crippen molar-refractivity contribution in [1.82, 2.24) is 4.98 Å². The van der Waals surface area contributed by atoms with Crippen molar-refractivity contribution >= 4 is 43.7 Å². The zero-order valence-electron chi connectivity index (χ0n) is 14.0. The van der Waals surface area contributed by atoms with E-state index < -0.39 is 10.0 Å². The van der Waals surface area contributed by atoms with E-state index in [1.54, 1.807) is 6.07 Å². The number of primary sulfonamides is 1. The van der Waals surface area contributed by atoms with E-state index in [1.165, 1.54) is 12.1 Å². The van der Waals surface area contributed by atoms with E-state index in [-0.39, 0.29) is 10.8 Å². The van der Waals surface area contributed by atoms with Crippen molar-refractivity contribution in [1.29, 1.82) is 0 Å². The highest BCUT2D eigenvalue weighted by atomic mass is 32.2. The second kappa shape index (κ2) is 5.82. The van der Waals surface area contributed by atoms with Crippen LogP contribution in [0.3, 0.4) is 0 Å². The van der Waals surface area contributed by atoms with Crippen molar-refractivity contribution in [2.45, 2.75) is 18.2 Å². The van der Waals surface area contributed by atoms with E-state index in [9.17, 15) is 13.2 Å². The summed E-state index contributed by atoms with van der Waals surface area (Å²) in [4.78, 5) is 15.9. The van der Waals surface area contributed by atoms with Crippen LogP contribution in [0.5, 0.6) is 0 Å². The van der Waals surface area contributed by atoms with Gasteiger partial charge in [0.25, 0.3) is 5.91 Å². The maximum absolute atomic E-state index is 12.7. The molecule has 4 N–H and O–H groups in total. The topological polar surface area (TPSA) is 105 Å². The van der Waals surface area contributed by atoms with Crippen LogP contribution in [-0.4, -0.2) is 19.3 Å². The highest BCUT2D eigenvalue weighted by molar-refractivity contribution is 7.89. The van der Waals surface area contributed by atoms with Crippen LogP contribution in [0.15, 0.2) is 53.6 Å². The van der Waals surface area contributed by atoms with Gasteiger partial charge < -0.3 is 10.3 Å². The van der Waals surface area contributed by atoms with Crippen molar-refractivity contribution in [2.75, 3.05) is 5.32 Å². The van der Waals surface area contributed by atoms with Crippen molar-refractivity contribution in [2.24, 2.45) is 5.14 Å². The van der Waals surface area contributed by atoms with Crippen LogP contribution >= 0.6 is 0 Å². The number of hydrogen-bond donors (Lipinski definition) is 3. The molecule has 1 aliphatic rings. The number of fused-ring (bicyclic) bond motifs is 2. The van der Waals surface area contributed by atoms with Gasteiger partial charge in [-0.15, -0.1) is 0 Å². The molecular formula is C19H17N3O3S. The minimum Gasteiger partial charge on any atom is -0.361 e. The van der Waals surface area contributed by atoms with Crippen molar-refractivity contribution < 1.29 is 13.2 Å². The average molecular weight is 367 g/mol. The van der Waals surface area contributed by atoms with Crippen LogP contribution < -0.4 is 10.5 Å². The molecule has 7 heteroatoms. The molecule has 0 spiro atoms. The molecule has 2 heterocycles. The van der Waals surface area contributed by atoms with Gasteiger partial charge in [-0.3, -0.25) is 4.79 Å². The van der Waals surface area contributed by atoms with Crippen molar-refractivity contribution in [3.63, 3.8) is 0 Å². The fourth-order valence-corrected chi connectivity index (χ4v) is 3.99. The number of H-pyrrole nitrogens is 1. The lowest BCUT2D eigenvalue weighted by atomic mass is 9.93. The third kappa shape index (κ3) is 2.53. The lowest BCUT2D eigenvalue weighted by Crippen LogP contribution is -2.12. The van der Waals surface area contributed by atoms with E-state index in [4.69, 9.17) is 5.14 Å². The lowest BCUT2D eigenvalue weighted by molar-refractivity contribution is -0.110. The fourth-order valence-electron chi connectivity index (χ4n) is 3.45. The molecule has 1 aromatic heterocycles. The van der Waals surface area contributed by atoms with Gasteiger partial charge in [0, 0.05) is 33.9 Å². The molecule has 0 fully saturated rings. The van der Waals surface area contributed by atoms with Crippen LogP contribution in [-0.2, 0) is 14.8 Å². The number of amides is 1. The quantitative estimate of drug-likeness (QED) is 0.619. The number of anilines is 1. The summed E-state index contributed by atoms with van der Waals surface area (Å²) < 4.78 is 23.4. The van der Waals surface area contributed by atoms with Gasteiger partial charge in [0.2, 0.25) is 10.0 Å². The van der Waals surface area contributed by atoms with Gasteiger partial charge >= 0.3 is 0 Å². The van der Waals surface area contributed by atoms with Crippen LogP contribution in [0.1, 0.15) is 24.5 Å². The summed E-state index contributed by atoms with van der Waals surface area (Å²) in [5.41, 5.74) is 4.39. The first kappa shape index (κ1) is 16.6. The maximum atomic E-state index is 12.7. The van der Waals surface area contributed by atoms with Gasteiger partial charge in [0.15, 0.2) is 0 Å². The largest absolute Gasteiger partial charge is 0.361 e. The molecule has 1 amide bonds. The van der Waals surface area contributed by atoms with E-state index in [1.807, 2.05) is 37.4 Å². The second-order valence-electron chi connectivity index (χ2n) is 6.16. The molecule has 132 valence electrons. The number of allylic oxidation sites excluding steroid dienone is 1. The first-order valence-corrected chi connectivity index (χ1v) is 9.73. The monoisotopic (exact) mass is 367 g/mol. The number of nitrogens with one attached hydrogen (secondary N) is 2. The molecule has 0 bridgehead atoms. The number of aromatic amines is 1. The number of benzene rings is 2. The number of para-hydroxylation sites is 1. The molecule has 3 aromatic rings. The Morgan fingerprint density at radius 1 is 1.15 bits per heavy atom. The summed E-state index contributed by atoms with van der Waals surface area (Å²) in [6.45, 7) is 1.97. The van der Waals surface area contributed by atoms with E-state index in [0.717, 1.165) is 22.0 Å². The number of sulfonamides is 1. The number of carbonyl (C=O) groups is 1. The predicted octanol–water partition coefficient (Wildman–Crippen LogP) is 3.09. The van der Waals surface area contributed by atoms with Gasteiger partial charge in [0.1, 0.15) is 0 Å². The van der Waals surface area contributed by atoms with Gasteiger partial charge in [-0.25, -0.2) is 13.6 Å². The van der Waals surface area contributed by atoms with Gasteiger partial charge in [0.05, 0.1) is 10.5 Å². The summed E-state index contributed by atoms with van der Waals surface area (Å²) in [5.74, 6) is -0.242. The normalized spacial score (nSPS) is 15.8. The number of carbonyl (C=O) groups excluding carboxylic acids is 1. The molecule has 26 heavy (non-hydrogen) atoms. The molecule has 0 atom stereocenters. The first-order valence-electron chi connectivity index (χ1n) is 8.18. The lowest BCUT2D eigenvalue weighted by Gasteiger charge is -2.09. The Morgan fingerprint density at radius 2 is 1.92 bits per heavy atom. The maximum Gasteiger partial charge on any atom is 0.256 e. The molecule has 0 saturated heterocycles. The number of aromatic nitrogens is 1. The Labute approximate surface area is 150 Å². The van der Waals surface area contributed by atoms with Crippen molar-refractivity contribution in [3.05, 3.63) is 59.8 Å². The third-order valence-corrected chi connectivity index (χ3v) is 5.54. The standard InChI is InChI=1S/C19H17N3O3S/c1-2-12(15-10-21-16-6-4-3-5-13(15)16)18-14-9-11(26(20,24)25)7-8-17(14)22-19(18)23/h3-10,21H,2H2,1H3,(H,22,23)(H2,20,24,25). The summed E-state index contributed by atoms with van der Waals surface area (Å²) in [6.07, 6.45) is 2.49. The number of hydrogen-bond acceptors (Lipinski definition) is 3. The minimum absolute atomic E-state index is 0.0142. The Hall–Kier alpha value is -2.90. The highest BCUT2D eigenvalue weighted by Crippen LogP contribution is 2.40. The van der Waals surface area contributed by atoms with Crippen LogP contribution in [0, 0.1) is 0 Å².